The van der Waals surface area contributed by atoms with Crippen LogP contribution in [0.15, 0.2) is 35.7 Å². The van der Waals surface area contributed by atoms with E-state index in [1.54, 1.807) is 17.5 Å². The van der Waals surface area contributed by atoms with Crippen molar-refractivity contribution in [1.82, 2.24) is 0 Å². The van der Waals surface area contributed by atoms with Crippen LogP contribution in [-0.4, -0.2) is 18.3 Å². The van der Waals surface area contributed by atoms with E-state index in [4.69, 9.17) is 9.31 Å². The first kappa shape index (κ1) is 17.5. The zero-order valence-electron chi connectivity index (χ0n) is 13.9. The zero-order valence-corrected chi connectivity index (χ0v) is 14.7. The highest BCUT2D eigenvalue weighted by Crippen LogP contribution is 2.39. The standard InChI is InChI=1S/C17H18BF3O2S/c1-15(2)16(3,4)23-18(22-15)14-9-11(10-24-14)12-7-5-6-8-13(12)17(19,20)21/h5-10H,1-4H3. The summed E-state index contributed by atoms with van der Waals surface area (Å²) in [6, 6.07) is 7.31. The Kier molecular flexibility index (Phi) is 4.09. The van der Waals surface area contributed by atoms with E-state index in [0.29, 0.717) is 5.56 Å². The Morgan fingerprint density at radius 1 is 1.00 bits per heavy atom. The van der Waals surface area contributed by atoms with Gasteiger partial charge in [-0.3, -0.25) is 0 Å². The lowest BCUT2D eigenvalue weighted by Crippen LogP contribution is -2.41. The van der Waals surface area contributed by atoms with E-state index in [0.717, 1.165) is 10.8 Å². The van der Waals surface area contributed by atoms with Crippen LogP contribution in [0.25, 0.3) is 11.1 Å². The van der Waals surface area contributed by atoms with Gasteiger partial charge >= 0.3 is 13.3 Å². The van der Waals surface area contributed by atoms with E-state index in [9.17, 15) is 13.2 Å². The molecule has 1 aromatic carbocycles. The molecule has 7 heteroatoms. The maximum Gasteiger partial charge on any atom is 0.505 e. The molecule has 1 aliphatic rings. The SMILES string of the molecule is CC1(C)OB(c2cc(-c3ccccc3C(F)(F)F)cs2)OC1(C)C. The summed E-state index contributed by atoms with van der Waals surface area (Å²) in [7, 11) is -0.563. The summed E-state index contributed by atoms with van der Waals surface area (Å²) in [5.41, 5.74) is -0.901. The van der Waals surface area contributed by atoms with Gasteiger partial charge in [0, 0.05) is 4.78 Å². The van der Waals surface area contributed by atoms with Crippen LogP contribution in [0.3, 0.4) is 0 Å². The van der Waals surface area contributed by atoms with E-state index < -0.39 is 30.1 Å². The highest BCUT2D eigenvalue weighted by atomic mass is 32.1. The fraction of sp³-hybridized carbons (Fsp3) is 0.412. The quantitative estimate of drug-likeness (QED) is 0.726. The molecule has 0 saturated carbocycles. The number of hydrogen-bond donors (Lipinski definition) is 0. The molecule has 1 aliphatic heterocycles. The van der Waals surface area contributed by atoms with Crippen molar-refractivity contribution in [3.05, 3.63) is 41.3 Å². The minimum atomic E-state index is -4.39. The molecule has 128 valence electrons. The summed E-state index contributed by atoms with van der Waals surface area (Å²) in [5, 5.41) is 1.71. The Morgan fingerprint density at radius 3 is 2.17 bits per heavy atom. The number of hydrogen-bond acceptors (Lipinski definition) is 3. The van der Waals surface area contributed by atoms with Gasteiger partial charge in [-0.2, -0.15) is 24.5 Å². The highest BCUT2D eigenvalue weighted by Gasteiger charge is 2.52. The lowest BCUT2D eigenvalue weighted by molar-refractivity contribution is -0.137. The van der Waals surface area contributed by atoms with Crippen LogP contribution in [0.1, 0.15) is 33.3 Å². The maximum absolute atomic E-state index is 13.2. The summed E-state index contributed by atoms with van der Waals surface area (Å²) >= 11 is 1.35. The van der Waals surface area contributed by atoms with Crippen molar-refractivity contribution in [2.75, 3.05) is 0 Å². The number of halogens is 3. The molecule has 0 spiro atoms. The number of thiophene rings is 1. The van der Waals surface area contributed by atoms with Crippen LogP contribution in [0.5, 0.6) is 0 Å². The first-order valence-corrected chi connectivity index (χ1v) is 8.50. The van der Waals surface area contributed by atoms with Crippen LogP contribution in [-0.2, 0) is 15.5 Å². The van der Waals surface area contributed by atoms with Gasteiger partial charge in [0.05, 0.1) is 16.8 Å². The summed E-state index contributed by atoms with van der Waals surface area (Å²) < 4.78 is 52.3. The number of rotatable bonds is 2. The van der Waals surface area contributed by atoms with Crippen molar-refractivity contribution in [1.29, 1.82) is 0 Å². The Labute approximate surface area is 143 Å². The van der Waals surface area contributed by atoms with Gasteiger partial charge in [-0.05, 0) is 56.3 Å². The van der Waals surface area contributed by atoms with Gasteiger partial charge in [-0.25, -0.2) is 0 Å². The predicted octanol–water partition coefficient (Wildman–Crippen LogP) is 4.73. The molecule has 2 heterocycles. The van der Waals surface area contributed by atoms with Crippen molar-refractivity contribution in [3.63, 3.8) is 0 Å². The van der Waals surface area contributed by atoms with Crippen molar-refractivity contribution in [2.24, 2.45) is 0 Å². The van der Waals surface area contributed by atoms with Crippen molar-refractivity contribution in [2.45, 2.75) is 45.1 Å². The fourth-order valence-electron chi connectivity index (χ4n) is 2.56. The van der Waals surface area contributed by atoms with Gasteiger partial charge in [0.15, 0.2) is 0 Å². The molecule has 1 fully saturated rings. The first-order valence-electron chi connectivity index (χ1n) is 7.62. The van der Waals surface area contributed by atoms with Gasteiger partial charge in [0.2, 0.25) is 0 Å². The Hall–Kier alpha value is -1.31. The summed E-state index contributed by atoms with van der Waals surface area (Å²) in [4.78, 5) is 0. The van der Waals surface area contributed by atoms with E-state index in [1.165, 1.54) is 23.5 Å². The molecule has 0 bridgehead atoms. The van der Waals surface area contributed by atoms with E-state index in [-0.39, 0.29) is 5.56 Å². The molecule has 0 amide bonds. The van der Waals surface area contributed by atoms with E-state index in [2.05, 4.69) is 0 Å². The average molecular weight is 354 g/mol. The van der Waals surface area contributed by atoms with Crippen LogP contribution in [0, 0.1) is 0 Å². The minimum absolute atomic E-state index is 0.170. The molecule has 0 aliphatic carbocycles. The summed E-state index contributed by atoms with van der Waals surface area (Å²) in [6.07, 6.45) is -4.39. The lowest BCUT2D eigenvalue weighted by Gasteiger charge is -2.32. The molecule has 0 radical (unpaired) electrons. The Morgan fingerprint density at radius 2 is 1.58 bits per heavy atom. The van der Waals surface area contributed by atoms with Gasteiger partial charge in [0.25, 0.3) is 0 Å². The molecular weight excluding hydrogens is 336 g/mol. The number of alkyl halides is 3. The third-order valence-corrected chi connectivity index (χ3v) is 5.60. The fourth-order valence-corrected chi connectivity index (χ4v) is 3.42. The van der Waals surface area contributed by atoms with E-state index in [1.807, 2.05) is 27.7 Å². The molecule has 3 rings (SSSR count). The lowest BCUT2D eigenvalue weighted by atomic mass is 9.86. The van der Waals surface area contributed by atoms with Crippen molar-refractivity contribution < 1.29 is 22.5 Å². The molecule has 2 nitrogen and oxygen atoms in total. The van der Waals surface area contributed by atoms with Gasteiger partial charge in [0.1, 0.15) is 0 Å². The monoisotopic (exact) mass is 354 g/mol. The van der Waals surface area contributed by atoms with Gasteiger partial charge in [-0.15, -0.1) is 0 Å². The molecule has 24 heavy (non-hydrogen) atoms. The normalized spacial score (nSPS) is 19.7. The van der Waals surface area contributed by atoms with E-state index >= 15 is 0 Å². The maximum atomic E-state index is 13.2. The Balaban J connectivity index is 1.94. The Bertz CT molecular complexity index is 736. The summed E-state index contributed by atoms with van der Waals surface area (Å²) in [6.45, 7) is 7.78. The highest BCUT2D eigenvalue weighted by molar-refractivity contribution is 7.21. The first-order chi connectivity index (χ1) is 11.0. The topological polar surface area (TPSA) is 18.5 Å². The number of benzene rings is 1. The molecule has 1 aromatic heterocycles. The molecule has 2 aromatic rings. The second-order valence-electron chi connectivity index (χ2n) is 6.87. The average Bonchev–Trinajstić information content (AvgIpc) is 3.01. The third-order valence-electron chi connectivity index (χ3n) is 4.65. The third kappa shape index (κ3) is 3.00. The molecule has 0 N–H and O–H groups in total. The smallest absolute Gasteiger partial charge is 0.399 e. The molecule has 0 unspecified atom stereocenters. The van der Waals surface area contributed by atoms with Crippen molar-refractivity contribution in [3.8, 4) is 11.1 Å². The van der Waals surface area contributed by atoms with Crippen LogP contribution < -0.4 is 4.78 Å². The van der Waals surface area contributed by atoms with Crippen molar-refractivity contribution >= 4 is 23.2 Å². The van der Waals surface area contributed by atoms with Gasteiger partial charge in [-0.1, -0.05) is 18.2 Å². The van der Waals surface area contributed by atoms with Crippen LogP contribution in [0.2, 0.25) is 0 Å². The van der Waals surface area contributed by atoms with Gasteiger partial charge < -0.3 is 9.31 Å². The van der Waals surface area contributed by atoms with Crippen LogP contribution in [0.4, 0.5) is 13.2 Å². The zero-order chi connectivity index (χ0) is 17.8. The second-order valence-corrected chi connectivity index (χ2v) is 7.81. The molecular formula is C17H18BF3O2S. The van der Waals surface area contributed by atoms with Crippen LogP contribution >= 0.6 is 11.3 Å². The summed E-state index contributed by atoms with van der Waals surface area (Å²) in [5.74, 6) is 0. The molecule has 1 saturated heterocycles. The second kappa shape index (κ2) is 5.61. The largest absolute Gasteiger partial charge is 0.505 e. The predicted molar refractivity (Wildman–Crippen MR) is 90.5 cm³/mol. The minimum Gasteiger partial charge on any atom is -0.399 e. The molecule has 0 atom stereocenters.